The molecule has 0 saturated carbocycles. The second kappa shape index (κ2) is 10.9. The Morgan fingerprint density at radius 1 is 0.905 bits per heavy atom. The predicted molar refractivity (Wildman–Crippen MR) is 145 cm³/mol. The lowest BCUT2D eigenvalue weighted by Crippen LogP contribution is -2.47. The first kappa shape index (κ1) is 28.8. The summed E-state index contributed by atoms with van der Waals surface area (Å²) >= 11 is 0. The van der Waals surface area contributed by atoms with Gasteiger partial charge in [0.05, 0.1) is 21.1 Å². The van der Waals surface area contributed by atoms with Crippen LogP contribution in [0.3, 0.4) is 0 Å². The minimum atomic E-state index is -4.94. The largest absolute Gasteiger partial charge is 0.451 e. The summed E-state index contributed by atoms with van der Waals surface area (Å²) in [5.74, 6) is -1.70. The summed E-state index contributed by atoms with van der Waals surface area (Å²) < 4.78 is 80.1. The molecule has 2 aromatic carbocycles. The van der Waals surface area contributed by atoms with Crippen LogP contribution in [0.1, 0.15) is 5.82 Å². The lowest BCUT2D eigenvalue weighted by Gasteiger charge is -2.37. The monoisotopic (exact) mass is 603 g/mol. The molecular weight excluding hydrogens is 582 g/mol. The summed E-state index contributed by atoms with van der Waals surface area (Å²) in [6.07, 6.45) is -3.82. The molecule has 1 aliphatic heterocycles. The molecule has 42 heavy (non-hydrogen) atoms. The van der Waals surface area contributed by atoms with Crippen LogP contribution < -0.4 is 14.9 Å². The number of rotatable bonds is 6. The van der Waals surface area contributed by atoms with E-state index >= 15 is 0 Å². The van der Waals surface area contributed by atoms with Crippen molar-refractivity contribution in [3.05, 3.63) is 88.6 Å². The Bertz CT molecular complexity index is 1740. The van der Waals surface area contributed by atoms with E-state index in [4.69, 9.17) is 5.14 Å². The van der Waals surface area contributed by atoms with Gasteiger partial charge in [0.1, 0.15) is 23.6 Å². The van der Waals surface area contributed by atoms with Crippen molar-refractivity contribution < 1.29 is 30.9 Å². The molecule has 1 aliphatic rings. The summed E-state index contributed by atoms with van der Waals surface area (Å²) in [6, 6.07) is 12.8. The Balaban J connectivity index is 1.63. The molecule has 2 aromatic heterocycles. The van der Waals surface area contributed by atoms with Gasteiger partial charge >= 0.3 is 6.18 Å². The molecule has 5 rings (SSSR count). The minimum absolute atomic E-state index is 0.0991. The number of nitro groups is 1. The van der Waals surface area contributed by atoms with Gasteiger partial charge in [0.15, 0.2) is 0 Å². The number of pyridine rings is 1. The van der Waals surface area contributed by atoms with E-state index in [1.165, 1.54) is 48.5 Å². The molecule has 2 N–H and O–H groups in total. The SMILES string of the molecule is NS(=O)(=O)c1cccc(-c2c(-c3ccc(F)cc3)nc(C(F)(F)F)nc2N2CCN(c3ccc([N+](=O)[O-])cn3)CC2)c1. The molecule has 218 valence electrons. The summed E-state index contributed by atoms with van der Waals surface area (Å²) in [4.78, 5) is 25.3. The van der Waals surface area contributed by atoms with Crippen molar-refractivity contribution in [2.24, 2.45) is 5.14 Å². The molecule has 1 saturated heterocycles. The molecule has 0 bridgehead atoms. The molecule has 16 heteroatoms. The minimum Gasteiger partial charge on any atom is -0.353 e. The molecular formula is C26H21F4N7O4S. The van der Waals surface area contributed by atoms with Crippen LogP contribution in [0.15, 0.2) is 71.8 Å². The van der Waals surface area contributed by atoms with Crippen LogP contribution in [0.25, 0.3) is 22.4 Å². The quantitative estimate of drug-likeness (QED) is 0.194. The number of anilines is 2. The van der Waals surface area contributed by atoms with Crippen LogP contribution in [0.5, 0.6) is 0 Å². The Kier molecular flexibility index (Phi) is 7.51. The van der Waals surface area contributed by atoms with Crippen molar-refractivity contribution in [2.75, 3.05) is 36.0 Å². The van der Waals surface area contributed by atoms with Crippen molar-refractivity contribution >= 4 is 27.3 Å². The van der Waals surface area contributed by atoms with E-state index in [-0.39, 0.29) is 65.0 Å². The van der Waals surface area contributed by atoms with Crippen LogP contribution in [0.4, 0.5) is 34.9 Å². The summed E-state index contributed by atoms with van der Waals surface area (Å²) in [6.45, 7) is 0.882. The van der Waals surface area contributed by atoms with Gasteiger partial charge in [-0.05, 0) is 48.0 Å². The lowest BCUT2D eigenvalue weighted by molar-refractivity contribution is -0.385. The molecule has 0 radical (unpaired) electrons. The number of halogens is 4. The highest BCUT2D eigenvalue weighted by Crippen LogP contribution is 2.41. The third-order valence-corrected chi connectivity index (χ3v) is 7.47. The molecule has 0 amide bonds. The molecule has 3 heterocycles. The number of nitrogens with two attached hydrogens (primary N) is 1. The number of aromatic nitrogens is 3. The maximum Gasteiger partial charge on any atom is 0.451 e. The van der Waals surface area contributed by atoms with Gasteiger partial charge in [-0.25, -0.2) is 32.9 Å². The zero-order chi connectivity index (χ0) is 30.2. The first-order valence-electron chi connectivity index (χ1n) is 12.3. The normalized spacial score (nSPS) is 14.2. The van der Waals surface area contributed by atoms with Gasteiger partial charge in [-0.15, -0.1) is 0 Å². The fourth-order valence-electron chi connectivity index (χ4n) is 4.54. The standard InChI is InChI=1S/C26H21F4N7O4S/c27-18-6-4-16(5-7-18)23-22(17-2-1-3-20(14-17)42(31,40)41)24(34-25(33-23)26(28,29)30)36-12-10-35(11-13-36)21-9-8-19(15-32-21)37(38)39/h1-9,14-15H,10-13H2,(H2,31,40,41). The average Bonchev–Trinajstić information content (AvgIpc) is 2.96. The van der Waals surface area contributed by atoms with Gasteiger partial charge in [-0.3, -0.25) is 10.1 Å². The van der Waals surface area contributed by atoms with E-state index in [0.717, 1.165) is 18.3 Å². The van der Waals surface area contributed by atoms with Crippen LogP contribution >= 0.6 is 0 Å². The summed E-state index contributed by atoms with van der Waals surface area (Å²) in [5.41, 5.74) is 0.0671. The highest BCUT2D eigenvalue weighted by molar-refractivity contribution is 7.89. The van der Waals surface area contributed by atoms with E-state index in [2.05, 4.69) is 15.0 Å². The van der Waals surface area contributed by atoms with Gasteiger partial charge in [-0.2, -0.15) is 13.2 Å². The maximum absolute atomic E-state index is 14.1. The van der Waals surface area contributed by atoms with E-state index in [9.17, 15) is 36.1 Å². The van der Waals surface area contributed by atoms with Crippen molar-refractivity contribution in [3.63, 3.8) is 0 Å². The van der Waals surface area contributed by atoms with Crippen LogP contribution in [0, 0.1) is 15.9 Å². The van der Waals surface area contributed by atoms with Gasteiger partial charge in [0.2, 0.25) is 15.8 Å². The van der Waals surface area contributed by atoms with E-state index in [1.54, 1.807) is 4.90 Å². The average molecular weight is 604 g/mol. The van der Waals surface area contributed by atoms with E-state index < -0.39 is 32.8 Å². The molecule has 4 aromatic rings. The van der Waals surface area contributed by atoms with Gasteiger partial charge in [-0.1, -0.05) is 12.1 Å². The topological polar surface area (TPSA) is 148 Å². The van der Waals surface area contributed by atoms with Crippen molar-refractivity contribution in [2.45, 2.75) is 11.1 Å². The molecule has 11 nitrogen and oxygen atoms in total. The Morgan fingerprint density at radius 2 is 1.57 bits per heavy atom. The lowest BCUT2D eigenvalue weighted by atomic mass is 9.98. The van der Waals surface area contributed by atoms with E-state index in [1.807, 2.05) is 4.90 Å². The fourth-order valence-corrected chi connectivity index (χ4v) is 5.10. The molecule has 0 aliphatic carbocycles. The van der Waals surface area contributed by atoms with Crippen molar-refractivity contribution in [3.8, 4) is 22.4 Å². The van der Waals surface area contributed by atoms with Gasteiger partial charge < -0.3 is 9.80 Å². The van der Waals surface area contributed by atoms with Crippen LogP contribution in [-0.2, 0) is 16.2 Å². The van der Waals surface area contributed by atoms with Gasteiger partial charge in [0.25, 0.3) is 5.69 Å². The fraction of sp³-hybridized carbons (Fsp3) is 0.192. The number of sulfonamides is 1. The number of nitrogens with zero attached hydrogens (tertiary/aromatic N) is 6. The number of hydrogen-bond donors (Lipinski definition) is 1. The maximum atomic E-state index is 14.1. The third-order valence-electron chi connectivity index (χ3n) is 6.56. The molecule has 0 atom stereocenters. The second-order valence-corrected chi connectivity index (χ2v) is 10.8. The molecule has 1 fully saturated rings. The second-order valence-electron chi connectivity index (χ2n) is 9.28. The van der Waals surface area contributed by atoms with Gasteiger partial charge in [0, 0.05) is 37.8 Å². The Hall–Kier alpha value is -4.70. The van der Waals surface area contributed by atoms with Crippen molar-refractivity contribution in [1.29, 1.82) is 0 Å². The predicted octanol–water partition coefficient (Wildman–Crippen LogP) is 4.25. The summed E-state index contributed by atoms with van der Waals surface area (Å²) in [7, 11) is -4.17. The molecule has 0 unspecified atom stereocenters. The van der Waals surface area contributed by atoms with Crippen LogP contribution in [0.2, 0.25) is 0 Å². The number of hydrogen-bond acceptors (Lipinski definition) is 9. The summed E-state index contributed by atoms with van der Waals surface area (Å²) in [5, 5.41) is 16.3. The number of alkyl halides is 3. The zero-order valence-corrected chi connectivity index (χ0v) is 22.3. The number of piperazine rings is 1. The van der Waals surface area contributed by atoms with Crippen molar-refractivity contribution in [1.82, 2.24) is 15.0 Å². The Morgan fingerprint density at radius 3 is 2.14 bits per heavy atom. The highest BCUT2D eigenvalue weighted by atomic mass is 32.2. The molecule has 0 spiro atoms. The Labute approximate surface area is 236 Å². The van der Waals surface area contributed by atoms with Crippen LogP contribution in [-0.4, -0.2) is 54.5 Å². The smallest absolute Gasteiger partial charge is 0.353 e. The highest BCUT2D eigenvalue weighted by Gasteiger charge is 2.38. The first-order chi connectivity index (χ1) is 19.8. The number of benzene rings is 2. The first-order valence-corrected chi connectivity index (χ1v) is 13.8. The van der Waals surface area contributed by atoms with E-state index in [0.29, 0.717) is 5.82 Å². The third kappa shape index (κ3) is 5.99. The zero-order valence-electron chi connectivity index (χ0n) is 21.5. The number of primary sulfonamides is 1.